The SMILES string of the molecule is Cc1cc(COc2c(C)cc(Br)cc2CC(C)N)n(C)n1. The molecule has 0 bridgehead atoms. The van der Waals surface area contributed by atoms with Crippen LogP contribution in [0.4, 0.5) is 0 Å². The highest BCUT2D eigenvalue weighted by Crippen LogP contribution is 2.29. The lowest BCUT2D eigenvalue weighted by atomic mass is 10.0. The summed E-state index contributed by atoms with van der Waals surface area (Å²) in [4.78, 5) is 0. The molecule has 2 N–H and O–H groups in total. The molecule has 0 spiro atoms. The first-order valence-corrected chi connectivity index (χ1v) is 7.83. The quantitative estimate of drug-likeness (QED) is 0.899. The molecule has 0 radical (unpaired) electrons. The molecule has 0 aliphatic carbocycles. The van der Waals surface area contributed by atoms with Crippen LogP contribution in [0, 0.1) is 13.8 Å². The first-order chi connectivity index (χ1) is 9.86. The standard InChI is InChI=1S/C16H22BrN3O/c1-10-5-14(17)8-13(6-11(2)18)16(10)21-9-15-7-12(3)19-20(15)4/h5,7-8,11H,6,9,18H2,1-4H3. The zero-order chi connectivity index (χ0) is 15.6. The summed E-state index contributed by atoms with van der Waals surface area (Å²) in [5.41, 5.74) is 10.2. The van der Waals surface area contributed by atoms with Gasteiger partial charge in [-0.05, 0) is 56.5 Å². The lowest BCUT2D eigenvalue weighted by molar-refractivity contribution is 0.289. The highest BCUT2D eigenvalue weighted by molar-refractivity contribution is 9.10. The number of rotatable bonds is 5. The van der Waals surface area contributed by atoms with Gasteiger partial charge in [0.05, 0.1) is 11.4 Å². The average molecular weight is 352 g/mol. The van der Waals surface area contributed by atoms with Crippen LogP contribution in [0.2, 0.25) is 0 Å². The van der Waals surface area contributed by atoms with E-state index in [9.17, 15) is 0 Å². The Morgan fingerprint density at radius 1 is 1.33 bits per heavy atom. The molecule has 114 valence electrons. The van der Waals surface area contributed by atoms with Gasteiger partial charge in [-0.3, -0.25) is 4.68 Å². The Balaban J connectivity index is 2.24. The molecule has 5 heteroatoms. The van der Waals surface area contributed by atoms with Crippen LogP contribution in [0.3, 0.4) is 0 Å². The largest absolute Gasteiger partial charge is 0.487 e. The molecule has 1 unspecified atom stereocenters. The van der Waals surface area contributed by atoms with Crippen molar-refractivity contribution in [3.63, 3.8) is 0 Å². The molecule has 0 aliphatic rings. The molecule has 1 aromatic heterocycles. The van der Waals surface area contributed by atoms with Gasteiger partial charge in [0.2, 0.25) is 0 Å². The number of hydrogen-bond acceptors (Lipinski definition) is 3. The number of nitrogens with two attached hydrogens (primary N) is 1. The van der Waals surface area contributed by atoms with Crippen LogP contribution in [0.25, 0.3) is 0 Å². The van der Waals surface area contributed by atoms with Gasteiger partial charge in [-0.2, -0.15) is 5.10 Å². The summed E-state index contributed by atoms with van der Waals surface area (Å²) in [7, 11) is 1.93. The zero-order valence-electron chi connectivity index (χ0n) is 13.0. The summed E-state index contributed by atoms with van der Waals surface area (Å²) in [5, 5.41) is 4.34. The Kier molecular flexibility index (Phi) is 5.06. The smallest absolute Gasteiger partial charge is 0.130 e. The fourth-order valence-corrected chi connectivity index (χ4v) is 3.07. The van der Waals surface area contributed by atoms with Gasteiger partial charge >= 0.3 is 0 Å². The predicted molar refractivity (Wildman–Crippen MR) is 88.5 cm³/mol. The third-order valence-corrected chi connectivity index (χ3v) is 3.78. The second-order valence-corrected chi connectivity index (χ2v) is 6.50. The molecule has 1 aromatic carbocycles. The van der Waals surface area contributed by atoms with E-state index in [1.807, 2.05) is 31.6 Å². The van der Waals surface area contributed by atoms with Gasteiger partial charge in [-0.25, -0.2) is 0 Å². The van der Waals surface area contributed by atoms with Crippen LogP contribution in [-0.2, 0) is 20.1 Å². The van der Waals surface area contributed by atoms with Gasteiger partial charge in [0.15, 0.2) is 0 Å². The number of aromatic nitrogens is 2. The fourth-order valence-electron chi connectivity index (χ4n) is 2.45. The molecule has 0 fully saturated rings. The first-order valence-electron chi connectivity index (χ1n) is 7.03. The molecule has 1 heterocycles. The zero-order valence-corrected chi connectivity index (χ0v) is 14.6. The minimum Gasteiger partial charge on any atom is -0.487 e. The van der Waals surface area contributed by atoms with Crippen LogP contribution in [-0.4, -0.2) is 15.8 Å². The van der Waals surface area contributed by atoms with E-state index in [1.165, 1.54) is 0 Å². The number of halogens is 1. The van der Waals surface area contributed by atoms with Crippen molar-refractivity contribution in [3.8, 4) is 5.75 Å². The number of aryl methyl sites for hydroxylation is 3. The molecule has 0 amide bonds. The molecule has 0 saturated carbocycles. The van der Waals surface area contributed by atoms with E-state index in [4.69, 9.17) is 10.5 Å². The fraction of sp³-hybridized carbons (Fsp3) is 0.438. The van der Waals surface area contributed by atoms with E-state index < -0.39 is 0 Å². The van der Waals surface area contributed by atoms with Gasteiger partial charge in [-0.1, -0.05) is 15.9 Å². The van der Waals surface area contributed by atoms with E-state index in [1.54, 1.807) is 0 Å². The topological polar surface area (TPSA) is 53.1 Å². The Bertz CT molecular complexity index is 635. The Morgan fingerprint density at radius 3 is 2.62 bits per heavy atom. The van der Waals surface area contributed by atoms with Gasteiger partial charge in [-0.15, -0.1) is 0 Å². The van der Waals surface area contributed by atoms with E-state index in [0.29, 0.717) is 6.61 Å². The van der Waals surface area contributed by atoms with E-state index in [-0.39, 0.29) is 6.04 Å². The van der Waals surface area contributed by atoms with Crippen molar-refractivity contribution in [2.24, 2.45) is 12.8 Å². The van der Waals surface area contributed by atoms with E-state index >= 15 is 0 Å². The van der Waals surface area contributed by atoms with Crippen molar-refractivity contribution >= 4 is 15.9 Å². The Morgan fingerprint density at radius 2 is 2.05 bits per heavy atom. The Hall–Kier alpha value is -1.33. The van der Waals surface area contributed by atoms with Crippen molar-refractivity contribution in [2.45, 2.75) is 39.8 Å². The summed E-state index contributed by atoms with van der Waals surface area (Å²) < 4.78 is 8.98. The predicted octanol–water partition coefficient (Wildman–Crippen LogP) is 3.27. The molecule has 4 nitrogen and oxygen atoms in total. The van der Waals surface area contributed by atoms with Gasteiger partial charge in [0, 0.05) is 17.6 Å². The van der Waals surface area contributed by atoms with Crippen molar-refractivity contribution in [2.75, 3.05) is 0 Å². The summed E-state index contributed by atoms with van der Waals surface area (Å²) in [6.45, 7) is 6.55. The van der Waals surface area contributed by atoms with Crippen LogP contribution >= 0.6 is 15.9 Å². The molecule has 21 heavy (non-hydrogen) atoms. The van der Waals surface area contributed by atoms with Gasteiger partial charge < -0.3 is 10.5 Å². The number of benzene rings is 1. The van der Waals surface area contributed by atoms with Crippen molar-refractivity contribution in [1.82, 2.24) is 9.78 Å². The second-order valence-electron chi connectivity index (χ2n) is 5.58. The lowest BCUT2D eigenvalue weighted by Crippen LogP contribution is -2.18. The van der Waals surface area contributed by atoms with Crippen LogP contribution in [0.15, 0.2) is 22.7 Å². The first kappa shape index (κ1) is 16.0. The number of hydrogen-bond donors (Lipinski definition) is 1. The minimum atomic E-state index is 0.0972. The lowest BCUT2D eigenvalue weighted by Gasteiger charge is -2.16. The maximum atomic E-state index is 6.07. The second kappa shape index (κ2) is 6.62. The molecule has 2 aromatic rings. The highest BCUT2D eigenvalue weighted by Gasteiger charge is 2.12. The Labute approximate surface area is 134 Å². The van der Waals surface area contributed by atoms with Crippen LogP contribution in [0.5, 0.6) is 5.75 Å². The summed E-state index contributed by atoms with van der Waals surface area (Å²) in [5.74, 6) is 0.925. The summed E-state index contributed by atoms with van der Waals surface area (Å²) >= 11 is 3.54. The third kappa shape index (κ3) is 4.08. The van der Waals surface area contributed by atoms with Gasteiger partial charge in [0.25, 0.3) is 0 Å². The van der Waals surface area contributed by atoms with Crippen LogP contribution in [0.1, 0.15) is 29.4 Å². The molecule has 1 atom stereocenters. The van der Waals surface area contributed by atoms with Crippen molar-refractivity contribution in [1.29, 1.82) is 0 Å². The maximum absolute atomic E-state index is 6.07. The molecule has 0 aliphatic heterocycles. The molecular weight excluding hydrogens is 330 g/mol. The van der Waals surface area contributed by atoms with E-state index in [0.717, 1.165) is 39.2 Å². The highest BCUT2D eigenvalue weighted by atomic mass is 79.9. The van der Waals surface area contributed by atoms with Gasteiger partial charge in [0.1, 0.15) is 12.4 Å². The van der Waals surface area contributed by atoms with Crippen molar-refractivity contribution < 1.29 is 4.74 Å². The number of nitrogens with zero attached hydrogens (tertiary/aromatic N) is 2. The van der Waals surface area contributed by atoms with Crippen LogP contribution < -0.4 is 10.5 Å². The monoisotopic (exact) mass is 351 g/mol. The summed E-state index contributed by atoms with van der Waals surface area (Å²) in [6.07, 6.45) is 0.792. The maximum Gasteiger partial charge on any atom is 0.130 e. The minimum absolute atomic E-state index is 0.0972. The molecule has 0 saturated heterocycles. The normalized spacial score (nSPS) is 12.5. The summed E-state index contributed by atoms with van der Waals surface area (Å²) in [6, 6.07) is 6.29. The molecule has 2 rings (SSSR count). The average Bonchev–Trinajstić information content (AvgIpc) is 2.65. The third-order valence-electron chi connectivity index (χ3n) is 3.32. The number of ether oxygens (including phenoxy) is 1. The van der Waals surface area contributed by atoms with Crippen molar-refractivity contribution in [3.05, 3.63) is 45.2 Å². The van der Waals surface area contributed by atoms with E-state index in [2.05, 4.69) is 40.1 Å². The molecular formula is C16H22BrN3O.